The van der Waals surface area contributed by atoms with Crippen molar-refractivity contribution in [2.24, 2.45) is 0 Å². The molecule has 0 aromatic carbocycles. The third kappa shape index (κ3) is 4.47. The van der Waals surface area contributed by atoms with Gasteiger partial charge in [0.1, 0.15) is 0 Å². The Hall–Kier alpha value is -1.14. The first-order valence-electron chi connectivity index (χ1n) is 6.60. The molecule has 0 radical (unpaired) electrons. The summed E-state index contributed by atoms with van der Waals surface area (Å²) in [4.78, 5) is 23.1. The van der Waals surface area contributed by atoms with Crippen LogP contribution in [0.1, 0.15) is 39.0 Å². The first-order valence-corrected chi connectivity index (χ1v) is 6.60. The van der Waals surface area contributed by atoms with Crippen molar-refractivity contribution < 1.29 is 28.5 Å². The fourth-order valence-corrected chi connectivity index (χ4v) is 1.97. The van der Waals surface area contributed by atoms with Crippen molar-refractivity contribution in [1.29, 1.82) is 0 Å². The third-order valence-corrected chi connectivity index (χ3v) is 3.03. The first kappa shape index (κ1) is 15.9. The highest BCUT2D eigenvalue weighted by molar-refractivity contribution is 5.86. The fourth-order valence-electron chi connectivity index (χ4n) is 1.97. The predicted octanol–water partition coefficient (Wildman–Crippen LogP) is 1.41. The molecule has 6 heteroatoms. The average molecular weight is 274 g/mol. The van der Waals surface area contributed by atoms with E-state index in [0.29, 0.717) is 6.42 Å². The second-order valence-corrected chi connectivity index (χ2v) is 4.44. The van der Waals surface area contributed by atoms with E-state index >= 15 is 0 Å². The summed E-state index contributed by atoms with van der Waals surface area (Å²) in [6, 6.07) is 0. The fraction of sp³-hybridized carbons (Fsp3) is 0.846. The summed E-state index contributed by atoms with van der Waals surface area (Å²) >= 11 is 0. The zero-order valence-corrected chi connectivity index (χ0v) is 11.7. The van der Waals surface area contributed by atoms with Crippen molar-refractivity contribution in [3.8, 4) is 0 Å². The summed E-state index contributed by atoms with van der Waals surface area (Å²) in [5.74, 6) is -1.24. The van der Waals surface area contributed by atoms with Gasteiger partial charge in [0.2, 0.25) is 0 Å². The summed E-state index contributed by atoms with van der Waals surface area (Å²) in [7, 11) is 2.49. The molecule has 6 nitrogen and oxygen atoms in total. The zero-order chi connectivity index (χ0) is 14.3. The van der Waals surface area contributed by atoms with E-state index in [1.807, 2.05) is 0 Å². The normalized spacial score (nSPS) is 23.3. The van der Waals surface area contributed by atoms with Gasteiger partial charge in [0, 0.05) is 0 Å². The second kappa shape index (κ2) is 8.12. The Morgan fingerprint density at radius 2 is 1.47 bits per heavy atom. The van der Waals surface area contributed by atoms with Crippen LogP contribution >= 0.6 is 0 Å². The van der Waals surface area contributed by atoms with Crippen molar-refractivity contribution in [2.75, 3.05) is 14.2 Å². The van der Waals surface area contributed by atoms with Gasteiger partial charge >= 0.3 is 11.9 Å². The SMILES string of the molecule is CCCCCCC1O[C@@H](C(=O)OC)[C@H](C(=O)OC)O1. The number of hydrogen-bond acceptors (Lipinski definition) is 6. The molecule has 0 N–H and O–H groups in total. The molecule has 0 bridgehead atoms. The van der Waals surface area contributed by atoms with Gasteiger partial charge in [0.05, 0.1) is 14.2 Å². The molecule has 0 aliphatic carbocycles. The summed E-state index contributed by atoms with van der Waals surface area (Å²) in [6.07, 6.45) is 2.33. The van der Waals surface area contributed by atoms with Gasteiger partial charge in [0.25, 0.3) is 0 Å². The van der Waals surface area contributed by atoms with Crippen LogP contribution in [0.2, 0.25) is 0 Å². The highest BCUT2D eigenvalue weighted by Gasteiger charge is 2.46. The minimum absolute atomic E-state index is 0.551. The standard InChI is InChI=1S/C13H22O6/c1-4-5-6-7-8-9-18-10(12(14)16-2)11(19-9)13(15)17-3/h9-11H,4-8H2,1-3H3/t10-,11-/m1/s1. The van der Waals surface area contributed by atoms with Crippen molar-refractivity contribution in [3.05, 3.63) is 0 Å². The molecule has 0 amide bonds. The molecule has 19 heavy (non-hydrogen) atoms. The smallest absolute Gasteiger partial charge is 0.338 e. The quantitative estimate of drug-likeness (QED) is 0.516. The number of carbonyl (C=O) groups is 2. The van der Waals surface area contributed by atoms with Crippen LogP contribution in [-0.4, -0.2) is 44.7 Å². The molecule has 1 rings (SSSR count). The zero-order valence-electron chi connectivity index (χ0n) is 11.7. The van der Waals surface area contributed by atoms with Gasteiger partial charge in [-0.25, -0.2) is 9.59 Å². The van der Waals surface area contributed by atoms with Crippen LogP contribution in [0, 0.1) is 0 Å². The van der Waals surface area contributed by atoms with Gasteiger partial charge in [0.15, 0.2) is 18.5 Å². The monoisotopic (exact) mass is 274 g/mol. The molecule has 0 aromatic heterocycles. The van der Waals surface area contributed by atoms with E-state index in [1.54, 1.807) is 0 Å². The van der Waals surface area contributed by atoms with E-state index in [2.05, 4.69) is 16.4 Å². The van der Waals surface area contributed by atoms with E-state index < -0.39 is 30.4 Å². The van der Waals surface area contributed by atoms with Gasteiger partial charge in [-0.2, -0.15) is 0 Å². The Bertz CT molecular complexity index is 280. The van der Waals surface area contributed by atoms with Gasteiger partial charge in [-0.1, -0.05) is 26.2 Å². The van der Waals surface area contributed by atoms with Gasteiger partial charge < -0.3 is 18.9 Å². The number of carbonyl (C=O) groups excluding carboxylic acids is 2. The summed E-state index contributed by atoms with van der Waals surface area (Å²) in [5, 5.41) is 0. The lowest BCUT2D eigenvalue weighted by Crippen LogP contribution is -2.38. The molecule has 0 spiro atoms. The molecule has 2 atom stereocenters. The number of esters is 2. The summed E-state index contributed by atoms with van der Waals surface area (Å²) in [6.45, 7) is 2.13. The lowest BCUT2D eigenvalue weighted by atomic mass is 10.1. The van der Waals surface area contributed by atoms with Crippen molar-refractivity contribution in [2.45, 2.75) is 57.5 Å². The molecular formula is C13H22O6. The topological polar surface area (TPSA) is 71.1 Å². The minimum Gasteiger partial charge on any atom is -0.467 e. The molecule has 0 aromatic rings. The largest absolute Gasteiger partial charge is 0.467 e. The maximum Gasteiger partial charge on any atom is 0.338 e. The van der Waals surface area contributed by atoms with E-state index in [9.17, 15) is 9.59 Å². The number of unbranched alkanes of at least 4 members (excludes halogenated alkanes) is 3. The van der Waals surface area contributed by atoms with Crippen molar-refractivity contribution >= 4 is 11.9 Å². The molecule has 110 valence electrons. The average Bonchev–Trinajstić information content (AvgIpc) is 2.86. The number of rotatable bonds is 7. The van der Waals surface area contributed by atoms with Gasteiger partial charge in [-0.15, -0.1) is 0 Å². The Labute approximate surface area is 113 Å². The maximum absolute atomic E-state index is 11.5. The predicted molar refractivity (Wildman–Crippen MR) is 66.3 cm³/mol. The minimum atomic E-state index is -1.03. The Balaban J connectivity index is 2.51. The van der Waals surface area contributed by atoms with Crippen molar-refractivity contribution in [1.82, 2.24) is 0 Å². The van der Waals surface area contributed by atoms with Gasteiger partial charge in [-0.05, 0) is 12.8 Å². The van der Waals surface area contributed by atoms with Crippen LogP contribution < -0.4 is 0 Å². The highest BCUT2D eigenvalue weighted by Crippen LogP contribution is 2.25. The summed E-state index contributed by atoms with van der Waals surface area (Å²) in [5.41, 5.74) is 0. The van der Waals surface area contributed by atoms with E-state index in [0.717, 1.165) is 25.7 Å². The second-order valence-electron chi connectivity index (χ2n) is 4.44. The van der Waals surface area contributed by atoms with Crippen LogP contribution in [-0.2, 0) is 28.5 Å². The molecule has 1 fully saturated rings. The molecule has 1 saturated heterocycles. The highest BCUT2D eigenvalue weighted by atomic mass is 16.8. The number of ether oxygens (including phenoxy) is 4. The maximum atomic E-state index is 11.5. The molecule has 1 aliphatic rings. The Morgan fingerprint density at radius 3 is 1.89 bits per heavy atom. The van der Waals surface area contributed by atoms with Crippen LogP contribution in [0.25, 0.3) is 0 Å². The number of methoxy groups -OCH3 is 2. The molecular weight excluding hydrogens is 252 g/mol. The lowest BCUT2D eigenvalue weighted by Gasteiger charge is -2.11. The Kier molecular flexibility index (Phi) is 6.80. The van der Waals surface area contributed by atoms with Crippen LogP contribution in [0.15, 0.2) is 0 Å². The van der Waals surface area contributed by atoms with E-state index in [1.165, 1.54) is 14.2 Å². The van der Waals surface area contributed by atoms with Gasteiger partial charge in [-0.3, -0.25) is 0 Å². The Morgan fingerprint density at radius 1 is 0.947 bits per heavy atom. The van der Waals surface area contributed by atoms with Crippen LogP contribution in [0.5, 0.6) is 0 Å². The molecule has 0 saturated carbocycles. The van der Waals surface area contributed by atoms with Crippen LogP contribution in [0.4, 0.5) is 0 Å². The summed E-state index contributed by atoms with van der Waals surface area (Å²) < 4.78 is 20.1. The first-order chi connectivity index (χ1) is 9.13. The van der Waals surface area contributed by atoms with Crippen LogP contribution in [0.3, 0.4) is 0 Å². The molecule has 0 unspecified atom stereocenters. The molecule has 1 aliphatic heterocycles. The van der Waals surface area contributed by atoms with E-state index in [4.69, 9.17) is 9.47 Å². The van der Waals surface area contributed by atoms with E-state index in [-0.39, 0.29) is 0 Å². The molecule has 1 heterocycles. The lowest BCUT2D eigenvalue weighted by molar-refractivity contribution is -0.160. The number of hydrogen-bond donors (Lipinski definition) is 0. The van der Waals surface area contributed by atoms with Crippen molar-refractivity contribution in [3.63, 3.8) is 0 Å². The third-order valence-electron chi connectivity index (χ3n) is 3.03.